The monoisotopic (exact) mass is 131 g/mol. The van der Waals surface area contributed by atoms with E-state index in [0.717, 1.165) is 0 Å². The number of nitrogens with two attached hydrogens (primary N) is 1. The van der Waals surface area contributed by atoms with Crippen LogP contribution < -0.4 is 5.73 Å². The molecule has 1 unspecified atom stereocenters. The molecule has 0 aliphatic carbocycles. The van der Waals surface area contributed by atoms with Crippen LogP contribution in [0.2, 0.25) is 0 Å². The molecular formula is C3H5F4N. The third-order valence-electron chi connectivity index (χ3n) is 0.426. The summed E-state index contributed by atoms with van der Waals surface area (Å²) < 4.78 is 44.2. The van der Waals surface area contributed by atoms with Gasteiger partial charge < -0.3 is 5.73 Å². The van der Waals surface area contributed by atoms with Crippen LogP contribution in [0.15, 0.2) is 0 Å². The van der Waals surface area contributed by atoms with Crippen LogP contribution in [0.3, 0.4) is 0 Å². The molecule has 50 valence electrons. The van der Waals surface area contributed by atoms with Crippen LogP contribution in [0.25, 0.3) is 0 Å². The van der Waals surface area contributed by atoms with Crippen molar-refractivity contribution in [1.82, 2.24) is 0 Å². The standard InChI is InChI=1S/C3H5F4N/c4-2(8)1-3(5,6)7/h2H,1,8H2. The van der Waals surface area contributed by atoms with Gasteiger partial charge in [-0.2, -0.15) is 13.2 Å². The highest BCUT2D eigenvalue weighted by atomic mass is 19.4. The SMILES string of the molecule is NC(F)CC(F)(F)F. The van der Waals surface area contributed by atoms with E-state index in [0.29, 0.717) is 0 Å². The van der Waals surface area contributed by atoms with Crippen molar-refractivity contribution in [2.24, 2.45) is 5.73 Å². The van der Waals surface area contributed by atoms with Crippen LogP contribution >= 0.6 is 0 Å². The Kier molecular flexibility index (Phi) is 2.21. The maximum absolute atomic E-state index is 11.3. The second-order valence-electron chi connectivity index (χ2n) is 1.34. The van der Waals surface area contributed by atoms with E-state index in [4.69, 9.17) is 0 Å². The molecular weight excluding hydrogens is 126 g/mol. The van der Waals surface area contributed by atoms with Crippen LogP contribution in [-0.2, 0) is 0 Å². The largest absolute Gasteiger partial charge is 0.393 e. The molecule has 0 aromatic rings. The molecule has 1 atom stereocenters. The zero-order chi connectivity index (χ0) is 6.78. The fraction of sp³-hybridized carbons (Fsp3) is 1.00. The molecule has 0 fully saturated rings. The lowest BCUT2D eigenvalue weighted by Gasteiger charge is -2.04. The average Bonchev–Trinajstić information content (AvgIpc) is 1.21. The number of hydrogen-bond donors (Lipinski definition) is 1. The quantitative estimate of drug-likeness (QED) is 0.420. The molecule has 0 saturated heterocycles. The van der Waals surface area contributed by atoms with Crippen molar-refractivity contribution in [2.75, 3.05) is 0 Å². The van der Waals surface area contributed by atoms with E-state index >= 15 is 0 Å². The summed E-state index contributed by atoms with van der Waals surface area (Å²) in [6.45, 7) is 0. The first-order valence-electron chi connectivity index (χ1n) is 1.88. The second kappa shape index (κ2) is 2.30. The molecule has 1 nitrogen and oxygen atoms in total. The Balaban J connectivity index is 3.39. The van der Waals surface area contributed by atoms with Crippen LogP contribution in [0.1, 0.15) is 6.42 Å². The van der Waals surface area contributed by atoms with E-state index in [9.17, 15) is 17.6 Å². The van der Waals surface area contributed by atoms with Gasteiger partial charge in [0.05, 0.1) is 6.42 Å². The highest BCUT2D eigenvalue weighted by Gasteiger charge is 2.30. The van der Waals surface area contributed by atoms with Gasteiger partial charge in [0, 0.05) is 0 Å². The third-order valence-corrected chi connectivity index (χ3v) is 0.426. The van der Waals surface area contributed by atoms with Crippen LogP contribution in [0.4, 0.5) is 17.6 Å². The molecule has 2 N–H and O–H groups in total. The molecule has 0 aliphatic heterocycles. The molecule has 0 heterocycles. The van der Waals surface area contributed by atoms with Crippen LogP contribution in [0, 0.1) is 0 Å². The van der Waals surface area contributed by atoms with Gasteiger partial charge in [-0.1, -0.05) is 0 Å². The van der Waals surface area contributed by atoms with Gasteiger partial charge >= 0.3 is 6.18 Å². The minimum absolute atomic E-state index is 1.56. The lowest BCUT2D eigenvalue weighted by molar-refractivity contribution is -0.145. The van der Waals surface area contributed by atoms with Crippen molar-refractivity contribution in [1.29, 1.82) is 0 Å². The molecule has 0 saturated carbocycles. The molecule has 0 radical (unpaired) electrons. The van der Waals surface area contributed by atoms with Crippen molar-refractivity contribution in [3.8, 4) is 0 Å². The molecule has 0 bridgehead atoms. The predicted octanol–water partition coefficient (Wildman–Crippen LogP) is 1.19. The molecule has 0 spiro atoms. The first-order valence-corrected chi connectivity index (χ1v) is 1.88. The average molecular weight is 131 g/mol. The number of halogens is 4. The van der Waals surface area contributed by atoms with Gasteiger partial charge in [0.2, 0.25) is 0 Å². The molecule has 8 heavy (non-hydrogen) atoms. The van der Waals surface area contributed by atoms with Crippen molar-refractivity contribution >= 4 is 0 Å². The van der Waals surface area contributed by atoms with Crippen molar-refractivity contribution in [3.63, 3.8) is 0 Å². The van der Waals surface area contributed by atoms with E-state index in [-0.39, 0.29) is 0 Å². The smallest absolute Gasteiger partial charge is 0.301 e. The molecule has 0 amide bonds. The van der Waals surface area contributed by atoms with E-state index < -0.39 is 18.9 Å². The topological polar surface area (TPSA) is 26.0 Å². The summed E-state index contributed by atoms with van der Waals surface area (Å²) in [4.78, 5) is 0. The number of rotatable bonds is 1. The maximum atomic E-state index is 11.3. The fourth-order valence-electron chi connectivity index (χ4n) is 0.221. The highest BCUT2D eigenvalue weighted by Crippen LogP contribution is 2.20. The van der Waals surface area contributed by atoms with Gasteiger partial charge in [-0.15, -0.1) is 0 Å². The minimum Gasteiger partial charge on any atom is -0.301 e. The molecule has 5 heteroatoms. The third kappa shape index (κ3) is 5.68. The Hall–Kier alpha value is -0.320. The van der Waals surface area contributed by atoms with E-state index in [1.54, 1.807) is 0 Å². The lowest BCUT2D eigenvalue weighted by atomic mass is 10.4. The summed E-state index contributed by atoms with van der Waals surface area (Å²) in [7, 11) is 0. The summed E-state index contributed by atoms with van der Waals surface area (Å²) in [6.07, 6.45) is -8.32. The van der Waals surface area contributed by atoms with Gasteiger partial charge in [-0.25, -0.2) is 4.39 Å². The zero-order valence-electron chi connectivity index (χ0n) is 3.87. The van der Waals surface area contributed by atoms with E-state index in [2.05, 4.69) is 5.73 Å². The predicted molar refractivity (Wildman–Crippen MR) is 19.8 cm³/mol. The Morgan fingerprint density at radius 1 is 1.38 bits per heavy atom. The normalized spacial score (nSPS) is 16.1. The summed E-state index contributed by atoms with van der Waals surface area (Å²) in [5, 5.41) is 0. The van der Waals surface area contributed by atoms with Gasteiger partial charge in [0.15, 0.2) is 6.30 Å². The van der Waals surface area contributed by atoms with Crippen LogP contribution in [0.5, 0.6) is 0 Å². The summed E-state index contributed by atoms with van der Waals surface area (Å²) in [6, 6.07) is 0. The first-order chi connectivity index (χ1) is 3.42. The lowest BCUT2D eigenvalue weighted by Crippen LogP contribution is -2.22. The Bertz CT molecular complexity index is 66.2. The van der Waals surface area contributed by atoms with E-state index in [1.165, 1.54) is 0 Å². The van der Waals surface area contributed by atoms with Gasteiger partial charge in [-0.3, -0.25) is 0 Å². The van der Waals surface area contributed by atoms with Crippen molar-refractivity contribution in [3.05, 3.63) is 0 Å². The molecule has 0 aromatic heterocycles. The number of alkyl halides is 4. The second-order valence-corrected chi connectivity index (χ2v) is 1.34. The first kappa shape index (κ1) is 7.68. The summed E-state index contributed by atoms with van der Waals surface area (Å²) in [5.41, 5.74) is 4.19. The number of hydrogen-bond acceptors (Lipinski definition) is 1. The van der Waals surface area contributed by atoms with Gasteiger partial charge in [0.25, 0.3) is 0 Å². The summed E-state index contributed by atoms with van der Waals surface area (Å²) >= 11 is 0. The Morgan fingerprint density at radius 3 is 1.75 bits per heavy atom. The summed E-state index contributed by atoms with van der Waals surface area (Å²) in [5.74, 6) is 0. The van der Waals surface area contributed by atoms with Gasteiger partial charge in [0.1, 0.15) is 0 Å². The fourth-order valence-corrected chi connectivity index (χ4v) is 0.221. The maximum Gasteiger partial charge on any atom is 0.393 e. The van der Waals surface area contributed by atoms with Crippen LogP contribution in [-0.4, -0.2) is 12.5 Å². The zero-order valence-corrected chi connectivity index (χ0v) is 3.87. The van der Waals surface area contributed by atoms with E-state index in [1.807, 2.05) is 0 Å². The van der Waals surface area contributed by atoms with Crippen molar-refractivity contribution in [2.45, 2.75) is 18.9 Å². The molecule has 0 aliphatic rings. The van der Waals surface area contributed by atoms with Crippen molar-refractivity contribution < 1.29 is 17.6 Å². The Morgan fingerprint density at radius 2 is 1.75 bits per heavy atom. The minimum atomic E-state index is -4.48. The highest BCUT2D eigenvalue weighted by molar-refractivity contribution is 4.53. The Labute approximate surface area is 43.5 Å². The molecule has 0 rings (SSSR count). The van der Waals surface area contributed by atoms with Gasteiger partial charge in [-0.05, 0) is 0 Å². The molecule has 0 aromatic carbocycles.